The highest BCUT2D eigenvalue weighted by atomic mass is 32.2. The summed E-state index contributed by atoms with van der Waals surface area (Å²) in [7, 11) is -3.76. The zero-order chi connectivity index (χ0) is 29.0. The highest BCUT2D eigenvalue weighted by molar-refractivity contribution is 7.91. The molecule has 0 aliphatic heterocycles. The fourth-order valence-corrected chi connectivity index (χ4v) is 6.95. The van der Waals surface area contributed by atoms with Gasteiger partial charge in [-0.1, -0.05) is 55.6 Å². The zero-order valence-electron chi connectivity index (χ0n) is 22.4. The third-order valence-corrected chi connectivity index (χ3v) is 9.37. The molecule has 0 bridgehead atoms. The summed E-state index contributed by atoms with van der Waals surface area (Å²) in [6.45, 7) is 8.19. The predicted molar refractivity (Wildman–Crippen MR) is 167 cm³/mol. The summed E-state index contributed by atoms with van der Waals surface area (Å²) in [5, 5.41) is 12.0. The van der Waals surface area contributed by atoms with Gasteiger partial charge in [-0.25, -0.2) is 8.42 Å². The Bertz CT molecular complexity index is 2330. The van der Waals surface area contributed by atoms with Crippen LogP contribution in [0, 0.1) is 11.3 Å². The van der Waals surface area contributed by atoms with Gasteiger partial charge in [-0.05, 0) is 72.8 Å². The van der Waals surface area contributed by atoms with Gasteiger partial charge < -0.3 is 4.42 Å². The van der Waals surface area contributed by atoms with Crippen LogP contribution in [0.15, 0.2) is 130 Å². The van der Waals surface area contributed by atoms with Gasteiger partial charge in [0.1, 0.15) is 0 Å². The van der Waals surface area contributed by atoms with Crippen molar-refractivity contribution in [1.29, 1.82) is 5.26 Å². The van der Waals surface area contributed by atoms with Crippen molar-refractivity contribution in [3.05, 3.63) is 133 Å². The third kappa shape index (κ3) is 3.59. The minimum absolute atomic E-state index is 0.133. The van der Waals surface area contributed by atoms with Crippen molar-refractivity contribution in [2.24, 2.45) is 0 Å². The van der Waals surface area contributed by atoms with Crippen molar-refractivity contribution in [1.82, 2.24) is 9.13 Å². The molecule has 0 saturated carbocycles. The SMILES string of the molecule is C=Cc1c(C=C)n(-c2ccccc2)c2oc3c(c4ccccc4n3-c3ccc(S(=O)(=O)c4ccc(C#N)cc4)cc3)c12. The van der Waals surface area contributed by atoms with Crippen LogP contribution < -0.4 is 0 Å². The average molecular weight is 566 g/mol. The highest BCUT2D eigenvalue weighted by Crippen LogP contribution is 2.44. The van der Waals surface area contributed by atoms with Crippen LogP contribution >= 0.6 is 0 Å². The van der Waals surface area contributed by atoms with E-state index < -0.39 is 9.84 Å². The Balaban J connectivity index is 1.46. The van der Waals surface area contributed by atoms with Crippen molar-refractivity contribution in [3.8, 4) is 17.4 Å². The Labute approximate surface area is 242 Å². The maximum absolute atomic E-state index is 13.3. The van der Waals surface area contributed by atoms with E-state index >= 15 is 0 Å². The normalized spacial score (nSPS) is 11.7. The summed E-state index contributed by atoms with van der Waals surface area (Å²) < 4.78 is 37.4. The number of para-hydroxylation sites is 2. The lowest BCUT2D eigenvalue weighted by Gasteiger charge is -2.10. The maximum atomic E-state index is 13.3. The molecule has 0 spiro atoms. The molecular weight excluding hydrogens is 542 g/mol. The Hall–Kier alpha value is -5.58. The van der Waals surface area contributed by atoms with Gasteiger partial charge in [0.05, 0.1) is 43.4 Å². The Morgan fingerprint density at radius 1 is 0.690 bits per heavy atom. The summed E-state index contributed by atoms with van der Waals surface area (Å²) in [6.07, 6.45) is 3.65. The van der Waals surface area contributed by atoms with Crippen LogP contribution in [0.5, 0.6) is 0 Å². The van der Waals surface area contributed by atoms with Gasteiger partial charge in [0, 0.05) is 22.3 Å². The van der Waals surface area contributed by atoms with E-state index in [1.807, 2.05) is 75.9 Å². The number of furan rings is 1. The average Bonchev–Trinajstić information content (AvgIpc) is 3.66. The van der Waals surface area contributed by atoms with Crippen LogP contribution in [0.1, 0.15) is 16.8 Å². The second-order valence-electron chi connectivity index (χ2n) is 9.83. The van der Waals surface area contributed by atoms with Gasteiger partial charge in [-0.3, -0.25) is 9.13 Å². The number of nitrogens with zero attached hydrogens (tertiary/aromatic N) is 3. The first-order valence-corrected chi connectivity index (χ1v) is 14.7. The van der Waals surface area contributed by atoms with Crippen LogP contribution in [0.2, 0.25) is 0 Å². The van der Waals surface area contributed by atoms with E-state index in [0.29, 0.717) is 17.0 Å². The van der Waals surface area contributed by atoms with Crippen molar-refractivity contribution in [2.75, 3.05) is 0 Å². The lowest BCUT2D eigenvalue weighted by Crippen LogP contribution is -2.02. The van der Waals surface area contributed by atoms with Crippen LogP contribution in [0.25, 0.3) is 56.6 Å². The second kappa shape index (κ2) is 9.51. The van der Waals surface area contributed by atoms with Crippen LogP contribution in [-0.4, -0.2) is 17.6 Å². The molecule has 0 aliphatic carbocycles. The molecule has 4 aromatic carbocycles. The van der Waals surface area contributed by atoms with E-state index in [2.05, 4.69) is 19.2 Å². The lowest BCUT2D eigenvalue weighted by atomic mass is 10.1. The smallest absolute Gasteiger partial charge is 0.215 e. The fourth-order valence-electron chi connectivity index (χ4n) is 5.69. The van der Waals surface area contributed by atoms with Gasteiger partial charge in [0.15, 0.2) is 0 Å². The number of sulfone groups is 1. The van der Waals surface area contributed by atoms with Gasteiger partial charge in [0.25, 0.3) is 0 Å². The first kappa shape index (κ1) is 25.4. The van der Waals surface area contributed by atoms with Crippen LogP contribution in [-0.2, 0) is 9.84 Å². The maximum Gasteiger partial charge on any atom is 0.215 e. The number of rotatable bonds is 6. The summed E-state index contributed by atoms with van der Waals surface area (Å²) >= 11 is 0. The van der Waals surface area contributed by atoms with Crippen LogP contribution in [0.4, 0.5) is 0 Å². The van der Waals surface area contributed by atoms with E-state index in [9.17, 15) is 8.42 Å². The van der Waals surface area contributed by atoms with Gasteiger partial charge >= 0.3 is 0 Å². The summed E-state index contributed by atoms with van der Waals surface area (Å²) in [6, 6.07) is 32.7. The molecule has 0 N–H and O–H groups in total. The van der Waals surface area contributed by atoms with Gasteiger partial charge in [-0.15, -0.1) is 0 Å². The zero-order valence-corrected chi connectivity index (χ0v) is 23.2. The van der Waals surface area contributed by atoms with E-state index in [-0.39, 0.29) is 9.79 Å². The molecule has 0 saturated heterocycles. The van der Waals surface area contributed by atoms with Crippen molar-refractivity contribution >= 4 is 55.1 Å². The Kier molecular flexibility index (Phi) is 5.75. The van der Waals surface area contributed by atoms with Crippen LogP contribution in [0.3, 0.4) is 0 Å². The molecule has 6 nitrogen and oxygen atoms in total. The number of fused-ring (bicyclic) bond motifs is 5. The molecule has 3 heterocycles. The molecule has 0 unspecified atom stereocenters. The monoisotopic (exact) mass is 565 g/mol. The van der Waals surface area contributed by atoms with E-state index in [1.54, 1.807) is 24.3 Å². The van der Waals surface area contributed by atoms with Crippen molar-refractivity contribution < 1.29 is 12.8 Å². The molecular formula is C35H23N3O3S. The summed E-state index contributed by atoms with van der Waals surface area (Å²) in [5.41, 5.74) is 6.16. The topological polar surface area (TPSA) is 80.9 Å². The standard InChI is InChI=1S/C35H23N3O3S/c1-3-28-30(4-2)37(24-10-6-5-7-11-24)34-32(28)33-29-12-8-9-13-31(29)38(35(33)41-34)25-16-20-27(21-17-25)42(39,40)26-18-14-23(22-36)15-19-26/h3-21H,1-2H2. The molecule has 0 radical (unpaired) electrons. The first-order valence-electron chi connectivity index (χ1n) is 13.2. The number of nitriles is 1. The van der Waals surface area contributed by atoms with E-state index in [0.717, 1.165) is 44.3 Å². The fraction of sp³-hybridized carbons (Fsp3) is 0. The molecule has 0 atom stereocenters. The highest BCUT2D eigenvalue weighted by Gasteiger charge is 2.27. The molecule has 3 aromatic heterocycles. The first-order chi connectivity index (χ1) is 20.5. The summed E-state index contributed by atoms with van der Waals surface area (Å²) in [4.78, 5) is 0.293. The number of hydrogen-bond acceptors (Lipinski definition) is 4. The number of aromatic nitrogens is 2. The Morgan fingerprint density at radius 2 is 1.29 bits per heavy atom. The summed E-state index contributed by atoms with van der Waals surface area (Å²) in [5.74, 6) is 0. The molecule has 7 heteroatoms. The van der Waals surface area contributed by atoms with Gasteiger partial charge in [-0.2, -0.15) is 5.26 Å². The predicted octanol–water partition coefficient (Wildman–Crippen LogP) is 8.31. The Morgan fingerprint density at radius 3 is 1.93 bits per heavy atom. The van der Waals surface area contributed by atoms with Gasteiger partial charge in [0.2, 0.25) is 21.3 Å². The molecule has 0 aliphatic rings. The number of hydrogen-bond donors (Lipinski definition) is 0. The third-order valence-electron chi connectivity index (χ3n) is 7.59. The van der Waals surface area contributed by atoms with Crippen molar-refractivity contribution in [2.45, 2.75) is 9.79 Å². The quantitative estimate of drug-likeness (QED) is 0.203. The van der Waals surface area contributed by atoms with Crippen molar-refractivity contribution in [3.63, 3.8) is 0 Å². The van der Waals surface area contributed by atoms with E-state index in [1.165, 1.54) is 24.3 Å². The number of benzene rings is 4. The lowest BCUT2D eigenvalue weighted by molar-refractivity contribution is 0.596. The largest absolute Gasteiger partial charge is 0.422 e. The molecule has 0 fully saturated rings. The molecule has 202 valence electrons. The molecule has 42 heavy (non-hydrogen) atoms. The second-order valence-corrected chi connectivity index (χ2v) is 11.8. The molecule has 7 aromatic rings. The minimum atomic E-state index is -3.76. The molecule has 7 rings (SSSR count). The molecule has 0 amide bonds. The minimum Gasteiger partial charge on any atom is -0.422 e. The van der Waals surface area contributed by atoms with E-state index in [4.69, 9.17) is 9.68 Å².